The number of amides is 1. The molecule has 0 aliphatic carbocycles. The number of aromatic nitrogens is 2. The summed E-state index contributed by atoms with van der Waals surface area (Å²) in [5.41, 5.74) is 1.14. The van der Waals surface area contributed by atoms with Crippen molar-refractivity contribution >= 4 is 40.7 Å². The van der Waals surface area contributed by atoms with Gasteiger partial charge in [0, 0.05) is 41.7 Å². The first-order chi connectivity index (χ1) is 11.0. The molecule has 0 aliphatic rings. The van der Waals surface area contributed by atoms with Crippen molar-refractivity contribution in [3.05, 3.63) is 46.2 Å². The molecule has 1 heterocycles. The second kappa shape index (κ2) is 8.13. The van der Waals surface area contributed by atoms with Crippen molar-refractivity contribution in [1.82, 2.24) is 14.9 Å². The third-order valence-corrected chi connectivity index (χ3v) is 3.65. The number of carbonyl (C=O) groups is 1. The molecule has 0 unspecified atom stereocenters. The molecule has 0 aliphatic heterocycles. The molecule has 2 aromatic rings. The first kappa shape index (κ1) is 17.5. The van der Waals surface area contributed by atoms with E-state index in [4.69, 9.17) is 23.2 Å². The molecule has 0 saturated carbocycles. The first-order valence-corrected chi connectivity index (χ1v) is 8.06. The monoisotopic (exact) mass is 352 g/mol. The predicted molar refractivity (Wildman–Crippen MR) is 93.6 cm³/mol. The Kier molecular flexibility index (Phi) is 6.19. The lowest BCUT2D eigenvalue weighted by molar-refractivity contribution is 0.0792. The van der Waals surface area contributed by atoms with Crippen molar-refractivity contribution in [3.63, 3.8) is 0 Å². The quantitative estimate of drug-likeness (QED) is 0.836. The zero-order valence-electron chi connectivity index (χ0n) is 13.0. The zero-order chi connectivity index (χ0) is 16.8. The standard InChI is InChI=1S/C16H18Cl2N4O/c1-3-4-5-22(2)15(23)11-9-19-16(20-10-11)21-14-7-12(17)6-13(18)8-14/h6-10H,3-5H2,1-2H3,(H,19,20,21). The molecule has 2 rings (SSSR count). The third-order valence-electron chi connectivity index (χ3n) is 3.21. The molecule has 0 spiro atoms. The highest BCUT2D eigenvalue weighted by atomic mass is 35.5. The Labute approximate surface area is 145 Å². The molecule has 1 aromatic heterocycles. The van der Waals surface area contributed by atoms with Gasteiger partial charge in [0.2, 0.25) is 5.95 Å². The minimum absolute atomic E-state index is 0.0872. The van der Waals surface area contributed by atoms with E-state index in [9.17, 15) is 4.79 Å². The molecule has 23 heavy (non-hydrogen) atoms. The summed E-state index contributed by atoms with van der Waals surface area (Å²) in [6, 6.07) is 5.08. The van der Waals surface area contributed by atoms with Crippen LogP contribution in [0.5, 0.6) is 0 Å². The van der Waals surface area contributed by atoms with Crippen LogP contribution in [0.1, 0.15) is 30.1 Å². The summed E-state index contributed by atoms with van der Waals surface area (Å²) in [6.45, 7) is 2.81. The van der Waals surface area contributed by atoms with Crippen LogP contribution in [0.4, 0.5) is 11.6 Å². The van der Waals surface area contributed by atoms with Gasteiger partial charge in [0.05, 0.1) is 5.56 Å². The zero-order valence-corrected chi connectivity index (χ0v) is 14.5. The van der Waals surface area contributed by atoms with Crippen LogP contribution >= 0.6 is 23.2 Å². The van der Waals surface area contributed by atoms with Crippen molar-refractivity contribution in [3.8, 4) is 0 Å². The van der Waals surface area contributed by atoms with E-state index in [2.05, 4.69) is 22.2 Å². The fourth-order valence-electron chi connectivity index (χ4n) is 1.98. The highest BCUT2D eigenvalue weighted by Gasteiger charge is 2.12. The van der Waals surface area contributed by atoms with E-state index in [1.165, 1.54) is 12.4 Å². The van der Waals surface area contributed by atoms with Gasteiger partial charge in [-0.25, -0.2) is 9.97 Å². The van der Waals surface area contributed by atoms with E-state index >= 15 is 0 Å². The molecule has 1 N–H and O–H groups in total. The maximum atomic E-state index is 12.2. The van der Waals surface area contributed by atoms with E-state index in [0.29, 0.717) is 27.2 Å². The maximum absolute atomic E-state index is 12.2. The van der Waals surface area contributed by atoms with Gasteiger partial charge in [-0.3, -0.25) is 4.79 Å². The largest absolute Gasteiger partial charge is 0.342 e. The lowest BCUT2D eigenvalue weighted by Crippen LogP contribution is -2.27. The average molecular weight is 353 g/mol. The van der Waals surface area contributed by atoms with Gasteiger partial charge in [0.1, 0.15) is 0 Å². The predicted octanol–water partition coefficient (Wildman–Crippen LogP) is 4.40. The smallest absolute Gasteiger partial charge is 0.256 e. The summed E-state index contributed by atoms with van der Waals surface area (Å²) >= 11 is 11.9. The van der Waals surface area contributed by atoms with Crippen molar-refractivity contribution in [2.24, 2.45) is 0 Å². The van der Waals surface area contributed by atoms with Gasteiger partial charge in [-0.15, -0.1) is 0 Å². The summed E-state index contributed by atoms with van der Waals surface area (Å²) in [7, 11) is 1.78. The van der Waals surface area contributed by atoms with Gasteiger partial charge in [-0.05, 0) is 24.6 Å². The summed E-state index contributed by atoms with van der Waals surface area (Å²) in [5.74, 6) is 0.284. The number of unbranched alkanes of at least 4 members (excludes halogenated alkanes) is 1. The van der Waals surface area contributed by atoms with E-state index in [-0.39, 0.29) is 5.91 Å². The number of hydrogen-bond acceptors (Lipinski definition) is 4. The second-order valence-electron chi connectivity index (χ2n) is 5.16. The van der Waals surface area contributed by atoms with Gasteiger partial charge in [-0.2, -0.15) is 0 Å². The molecule has 0 atom stereocenters. The van der Waals surface area contributed by atoms with Crippen LogP contribution < -0.4 is 5.32 Å². The molecule has 122 valence electrons. The molecule has 0 radical (unpaired) electrons. The summed E-state index contributed by atoms with van der Waals surface area (Å²) < 4.78 is 0. The van der Waals surface area contributed by atoms with Gasteiger partial charge in [0.25, 0.3) is 5.91 Å². The number of nitrogens with one attached hydrogen (secondary N) is 1. The highest BCUT2D eigenvalue weighted by molar-refractivity contribution is 6.35. The lowest BCUT2D eigenvalue weighted by atomic mass is 10.2. The lowest BCUT2D eigenvalue weighted by Gasteiger charge is -2.16. The normalized spacial score (nSPS) is 10.4. The number of anilines is 2. The molecule has 5 nitrogen and oxygen atoms in total. The number of nitrogens with zero attached hydrogens (tertiary/aromatic N) is 3. The molecule has 0 saturated heterocycles. The fourth-order valence-corrected chi connectivity index (χ4v) is 2.50. The van der Waals surface area contributed by atoms with Crippen LogP contribution in [0.3, 0.4) is 0 Å². The van der Waals surface area contributed by atoms with Gasteiger partial charge in [-0.1, -0.05) is 36.5 Å². The van der Waals surface area contributed by atoms with Crippen LogP contribution in [-0.2, 0) is 0 Å². The summed E-state index contributed by atoms with van der Waals surface area (Å²) in [5, 5.41) is 4.04. The van der Waals surface area contributed by atoms with Crippen LogP contribution in [-0.4, -0.2) is 34.4 Å². The number of halogens is 2. The number of rotatable bonds is 6. The Bertz CT molecular complexity index is 656. The Morgan fingerprint density at radius 1 is 1.17 bits per heavy atom. The molecule has 1 aromatic carbocycles. The van der Waals surface area contributed by atoms with Crippen molar-refractivity contribution < 1.29 is 4.79 Å². The molecule has 7 heteroatoms. The number of carbonyl (C=O) groups excluding carboxylic acids is 1. The Hall–Kier alpha value is -1.85. The Morgan fingerprint density at radius 2 is 1.78 bits per heavy atom. The van der Waals surface area contributed by atoms with Gasteiger partial charge >= 0.3 is 0 Å². The minimum Gasteiger partial charge on any atom is -0.342 e. The van der Waals surface area contributed by atoms with Crippen molar-refractivity contribution in [1.29, 1.82) is 0 Å². The first-order valence-electron chi connectivity index (χ1n) is 7.30. The Balaban J connectivity index is 2.05. The molecule has 0 fully saturated rings. The second-order valence-corrected chi connectivity index (χ2v) is 6.03. The molecular formula is C16H18Cl2N4O. The topological polar surface area (TPSA) is 58.1 Å². The third kappa shape index (κ3) is 5.08. The maximum Gasteiger partial charge on any atom is 0.256 e. The average Bonchev–Trinajstić information content (AvgIpc) is 2.51. The van der Waals surface area contributed by atoms with Crippen molar-refractivity contribution in [2.75, 3.05) is 18.9 Å². The summed E-state index contributed by atoms with van der Waals surface area (Å²) in [6.07, 6.45) is 5.02. The van der Waals surface area contributed by atoms with Crippen LogP contribution in [0.25, 0.3) is 0 Å². The summed E-state index contributed by atoms with van der Waals surface area (Å²) in [4.78, 5) is 22.2. The van der Waals surface area contributed by atoms with Gasteiger partial charge in [0.15, 0.2) is 0 Å². The Morgan fingerprint density at radius 3 is 2.35 bits per heavy atom. The molecular weight excluding hydrogens is 335 g/mol. The SMILES string of the molecule is CCCCN(C)C(=O)c1cnc(Nc2cc(Cl)cc(Cl)c2)nc1. The molecule has 1 amide bonds. The number of hydrogen-bond donors (Lipinski definition) is 1. The minimum atomic E-state index is -0.0872. The van der Waals surface area contributed by atoms with Gasteiger partial charge < -0.3 is 10.2 Å². The van der Waals surface area contributed by atoms with E-state index in [1.54, 1.807) is 30.1 Å². The van der Waals surface area contributed by atoms with E-state index in [0.717, 1.165) is 19.4 Å². The van der Waals surface area contributed by atoms with Crippen LogP contribution in [0, 0.1) is 0 Å². The van der Waals surface area contributed by atoms with Crippen LogP contribution in [0.15, 0.2) is 30.6 Å². The van der Waals surface area contributed by atoms with Crippen molar-refractivity contribution in [2.45, 2.75) is 19.8 Å². The fraction of sp³-hybridized carbons (Fsp3) is 0.312. The van der Waals surface area contributed by atoms with E-state index < -0.39 is 0 Å². The highest BCUT2D eigenvalue weighted by Crippen LogP contribution is 2.24. The van der Waals surface area contributed by atoms with E-state index in [1.807, 2.05) is 0 Å². The number of benzene rings is 1. The molecule has 0 bridgehead atoms. The van der Waals surface area contributed by atoms with Crippen LogP contribution in [0.2, 0.25) is 10.0 Å².